The van der Waals surface area contributed by atoms with Crippen LogP contribution in [0.4, 0.5) is 0 Å². The van der Waals surface area contributed by atoms with E-state index >= 15 is 0 Å². The van der Waals surface area contributed by atoms with Crippen molar-refractivity contribution in [2.24, 2.45) is 11.1 Å². The van der Waals surface area contributed by atoms with Crippen molar-refractivity contribution in [2.75, 3.05) is 20.3 Å². The van der Waals surface area contributed by atoms with Crippen LogP contribution in [0, 0.1) is 10.8 Å². The van der Waals surface area contributed by atoms with Gasteiger partial charge in [0.15, 0.2) is 0 Å². The second-order valence-electron chi connectivity index (χ2n) is 11.5. The monoisotopic (exact) mass is 625 g/mol. The van der Waals surface area contributed by atoms with Crippen LogP contribution in [0.1, 0.15) is 48.8 Å². The Morgan fingerprint density at radius 1 is 0.911 bits per heavy atom. The highest BCUT2D eigenvalue weighted by Crippen LogP contribution is 2.38. The lowest BCUT2D eigenvalue weighted by Gasteiger charge is -2.26. The van der Waals surface area contributed by atoms with Gasteiger partial charge in [0.05, 0.1) is 13.2 Å². The summed E-state index contributed by atoms with van der Waals surface area (Å²) >= 11 is 0. The molecule has 1 aliphatic rings. The number of nitrogen functional groups attached to an aromatic ring is 1. The van der Waals surface area contributed by atoms with E-state index in [1.54, 1.807) is 6.92 Å². The maximum atomic E-state index is 13.7. The highest BCUT2D eigenvalue weighted by Gasteiger charge is 2.54. The number of halogens is 1. The van der Waals surface area contributed by atoms with Gasteiger partial charge in [-0.05, 0) is 60.6 Å². The van der Waals surface area contributed by atoms with Crippen molar-refractivity contribution < 1.29 is 19.1 Å². The molecule has 0 bridgehead atoms. The summed E-state index contributed by atoms with van der Waals surface area (Å²) in [5, 5.41) is 7.58. The van der Waals surface area contributed by atoms with Crippen LogP contribution in [-0.4, -0.2) is 48.9 Å². The predicted octanol–water partition coefficient (Wildman–Crippen LogP) is 6.83. The largest absolute Gasteiger partial charge is 0.491 e. The molecule has 8 heteroatoms. The summed E-state index contributed by atoms with van der Waals surface area (Å²) in [4.78, 5) is 28.3. The van der Waals surface area contributed by atoms with E-state index in [0.717, 1.165) is 24.0 Å². The third-order valence-corrected chi connectivity index (χ3v) is 8.58. The van der Waals surface area contributed by atoms with Gasteiger partial charge in [0, 0.05) is 18.0 Å². The maximum absolute atomic E-state index is 13.7. The van der Waals surface area contributed by atoms with E-state index in [-0.39, 0.29) is 42.7 Å². The minimum Gasteiger partial charge on any atom is -0.491 e. The predicted molar refractivity (Wildman–Crippen MR) is 180 cm³/mol. The number of ether oxygens (including phenoxy) is 2. The van der Waals surface area contributed by atoms with Gasteiger partial charge in [0.25, 0.3) is 0 Å². The van der Waals surface area contributed by atoms with E-state index in [0.29, 0.717) is 24.3 Å². The van der Waals surface area contributed by atoms with Crippen molar-refractivity contribution in [3.05, 3.63) is 126 Å². The minimum absolute atomic E-state index is 0. The Labute approximate surface area is 271 Å². The molecule has 5 rings (SSSR count). The van der Waals surface area contributed by atoms with Gasteiger partial charge in [-0.2, -0.15) is 0 Å². The van der Waals surface area contributed by atoms with E-state index in [1.807, 2.05) is 65.6 Å². The third-order valence-electron chi connectivity index (χ3n) is 8.58. The van der Waals surface area contributed by atoms with Crippen LogP contribution >= 0.6 is 12.4 Å². The Morgan fingerprint density at radius 2 is 1.44 bits per heavy atom. The number of rotatable bonds is 12. The first kappa shape index (κ1) is 33.3. The van der Waals surface area contributed by atoms with Crippen LogP contribution in [0.2, 0.25) is 0 Å². The fraction of sp³-hybridized carbons (Fsp3) is 0.270. The second-order valence-corrected chi connectivity index (χ2v) is 11.5. The number of likely N-dealkylation sites (tertiary alicyclic amines) is 1. The zero-order chi connectivity index (χ0) is 31.1. The number of hydrogen-bond donors (Lipinski definition) is 2. The SMILES string of the molecule is COC(=O)[C@@]1(C)C[C@@H](COc2ccc(-c3ccc(C(=N)N)cc3)cc2)N(CCCC(c2ccccc2)c2ccccc2)C1=O.Cl. The van der Waals surface area contributed by atoms with Crippen molar-refractivity contribution >= 4 is 30.1 Å². The molecule has 0 unspecified atom stereocenters. The Hall–Kier alpha value is -4.62. The van der Waals surface area contributed by atoms with Crippen molar-refractivity contribution in [1.82, 2.24) is 4.90 Å². The molecule has 4 aromatic rings. The molecule has 2 atom stereocenters. The van der Waals surface area contributed by atoms with Crippen LogP contribution in [0.5, 0.6) is 5.75 Å². The van der Waals surface area contributed by atoms with Gasteiger partial charge in [-0.1, -0.05) is 97.1 Å². The van der Waals surface area contributed by atoms with Crippen LogP contribution in [0.25, 0.3) is 11.1 Å². The summed E-state index contributed by atoms with van der Waals surface area (Å²) in [5.41, 5.74) is 9.51. The molecule has 0 radical (unpaired) electrons. The summed E-state index contributed by atoms with van der Waals surface area (Å²) < 4.78 is 11.2. The third kappa shape index (κ3) is 7.55. The first-order valence-corrected chi connectivity index (χ1v) is 15.0. The summed E-state index contributed by atoms with van der Waals surface area (Å²) in [5.74, 6) is 0.200. The fourth-order valence-electron chi connectivity index (χ4n) is 6.12. The average Bonchev–Trinajstić information content (AvgIpc) is 3.31. The van der Waals surface area contributed by atoms with Gasteiger partial charge in [-0.15, -0.1) is 12.4 Å². The van der Waals surface area contributed by atoms with E-state index in [2.05, 4.69) is 48.5 Å². The number of nitrogens with one attached hydrogen (secondary N) is 1. The van der Waals surface area contributed by atoms with Gasteiger partial charge in [0.1, 0.15) is 23.6 Å². The fourth-order valence-corrected chi connectivity index (χ4v) is 6.12. The lowest BCUT2D eigenvalue weighted by atomic mass is 9.87. The molecule has 234 valence electrons. The van der Waals surface area contributed by atoms with Gasteiger partial charge >= 0.3 is 5.97 Å². The van der Waals surface area contributed by atoms with Crippen molar-refractivity contribution in [2.45, 2.75) is 38.1 Å². The first-order chi connectivity index (χ1) is 21.3. The molecule has 0 aliphatic carbocycles. The highest BCUT2D eigenvalue weighted by molar-refractivity contribution is 6.04. The quantitative estimate of drug-likeness (QED) is 0.0777. The Bertz CT molecular complexity index is 1540. The Balaban J connectivity index is 0.00000461. The van der Waals surface area contributed by atoms with Crippen LogP contribution in [0.3, 0.4) is 0 Å². The average molecular weight is 626 g/mol. The van der Waals surface area contributed by atoms with Crippen LogP contribution < -0.4 is 10.5 Å². The van der Waals surface area contributed by atoms with Crippen LogP contribution in [-0.2, 0) is 14.3 Å². The van der Waals surface area contributed by atoms with Gasteiger partial charge in [-0.25, -0.2) is 0 Å². The standard InChI is InChI=1S/C37H39N3O4.ClH/c1-37(36(42)43-2)24-31(25-44-32-21-19-27(20-22-32)26-15-17-30(18-16-26)34(38)39)40(35(37)41)23-9-14-33(28-10-5-3-6-11-28)29-12-7-4-8-13-29;/h3-8,10-13,15-22,31,33H,9,14,23-25H2,1-2H3,(H3,38,39);1H/t31-,37-;/m0./s1. The molecule has 1 fully saturated rings. The van der Waals surface area contributed by atoms with E-state index in [1.165, 1.54) is 18.2 Å². The van der Waals surface area contributed by atoms with E-state index in [4.69, 9.17) is 20.6 Å². The number of nitrogens with zero attached hydrogens (tertiary/aromatic N) is 1. The molecule has 1 heterocycles. The molecule has 1 amide bonds. The van der Waals surface area contributed by atoms with Crippen molar-refractivity contribution in [3.63, 3.8) is 0 Å². The van der Waals surface area contributed by atoms with Gasteiger partial charge in [-0.3, -0.25) is 15.0 Å². The molecule has 0 spiro atoms. The van der Waals surface area contributed by atoms with Crippen molar-refractivity contribution in [1.29, 1.82) is 5.41 Å². The number of methoxy groups -OCH3 is 1. The van der Waals surface area contributed by atoms with E-state index in [9.17, 15) is 9.59 Å². The number of carbonyl (C=O) groups is 2. The topological polar surface area (TPSA) is 106 Å². The number of carbonyl (C=O) groups excluding carboxylic acids is 2. The summed E-state index contributed by atoms with van der Waals surface area (Å²) in [6.45, 7) is 2.47. The number of esters is 1. The van der Waals surface area contributed by atoms with E-state index < -0.39 is 11.4 Å². The zero-order valence-electron chi connectivity index (χ0n) is 25.6. The number of amides is 1. The number of hydrogen-bond acceptors (Lipinski definition) is 5. The molecule has 0 aromatic heterocycles. The molecule has 45 heavy (non-hydrogen) atoms. The molecule has 7 nitrogen and oxygen atoms in total. The zero-order valence-corrected chi connectivity index (χ0v) is 26.5. The summed E-state index contributed by atoms with van der Waals surface area (Å²) in [6.07, 6.45) is 1.96. The maximum Gasteiger partial charge on any atom is 0.321 e. The molecular formula is C37H40ClN3O4. The Morgan fingerprint density at radius 3 is 1.96 bits per heavy atom. The molecule has 0 saturated carbocycles. The normalized spacial score (nSPS) is 17.5. The highest BCUT2D eigenvalue weighted by atomic mass is 35.5. The summed E-state index contributed by atoms with van der Waals surface area (Å²) in [7, 11) is 1.33. The lowest BCUT2D eigenvalue weighted by Crippen LogP contribution is -2.41. The summed E-state index contributed by atoms with van der Waals surface area (Å²) in [6, 6.07) is 35.9. The number of benzene rings is 4. The molecule has 1 aliphatic heterocycles. The van der Waals surface area contributed by atoms with Gasteiger partial charge < -0.3 is 20.1 Å². The molecular weight excluding hydrogens is 586 g/mol. The van der Waals surface area contributed by atoms with Gasteiger partial charge in [0.2, 0.25) is 5.91 Å². The number of amidine groups is 1. The smallest absolute Gasteiger partial charge is 0.321 e. The first-order valence-electron chi connectivity index (χ1n) is 15.0. The van der Waals surface area contributed by atoms with Crippen molar-refractivity contribution in [3.8, 4) is 16.9 Å². The molecule has 3 N–H and O–H groups in total. The van der Waals surface area contributed by atoms with Crippen LogP contribution in [0.15, 0.2) is 109 Å². The lowest BCUT2D eigenvalue weighted by molar-refractivity contribution is -0.157. The Kier molecular flexibility index (Phi) is 11.0. The molecule has 4 aromatic carbocycles. The number of nitrogens with two attached hydrogens (primary N) is 1. The molecule has 1 saturated heterocycles. The second kappa shape index (κ2) is 14.9. The minimum atomic E-state index is -1.24.